The molecule has 0 saturated carbocycles. The Morgan fingerprint density at radius 3 is 2.55 bits per heavy atom. The Balaban J connectivity index is 1.57. The summed E-state index contributed by atoms with van der Waals surface area (Å²) in [4.78, 5) is 24.3. The normalized spacial score (nSPS) is 11.0. The van der Waals surface area contributed by atoms with Gasteiger partial charge in [-0.15, -0.1) is 0 Å². The molecule has 0 aliphatic rings. The van der Waals surface area contributed by atoms with Gasteiger partial charge < -0.3 is 9.47 Å². The van der Waals surface area contributed by atoms with E-state index in [1.54, 1.807) is 24.3 Å². The van der Waals surface area contributed by atoms with Crippen molar-refractivity contribution in [1.82, 2.24) is 5.43 Å². The topological polar surface area (TPSA) is 77.0 Å². The van der Waals surface area contributed by atoms with Crippen molar-refractivity contribution < 1.29 is 19.1 Å². The number of hydrogen-bond donors (Lipinski definition) is 1. The number of amides is 1. The van der Waals surface area contributed by atoms with E-state index in [-0.39, 0.29) is 6.61 Å². The molecule has 0 spiro atoms. The number of hydrogen-bond acceptors (Lipinski definition) is 5. The third-order valence-corrected chi connectivity index (χ3v) is 5.13. The maximum atomic E-state index is 12.2. The number of halogens is 1. The van der Waals surface area contributed by atoms with E-state index in [2.05, 4.69) is 26.5 Å². The molecule has 6 nitrogen and oxygen atoms in total. The van der Waals surface area contributed by atoms with E-state index >= 15 is 0 Å². The molecule has 0 radical (unpaired) electrons. The molecule has 168 valence electrons. The highest BCUT2D eigenvalue weighted by Crippen LogP contribution is 2.22. The second kappa shape index (κ2) is 11.8. The van der Waals surface area contributed by atoms with Gasteiger partial charge >= 0.3 is 5.97 Å². The highest BCUT2D eigenvalue weighted by atomic mass is 79.9. The van der Waals surface area contributed by atoms with E-state index < -0.39 is 11.9 Å². The minimum Gasteiger partial charge on any atom is -0.484 e. The summed E-state index contributed by atoms with van der Waals surface area (Å²) < 4.78 is 11.7. The maximum Gasteiger partial charge on any atom is 0.336 e. The van der Waals surface area contributed by atoms with E-state index in [0.29, 0.717) is 17.1 Å². The van der Waals surface area contributed by atoms with Crippen LogP contribution in [0.2, 0.25) is 0 Å². The second-order valence-corrected chi connectivity index (χ2v) is 8.09. The van der Waals surface area contributed by atoms with Gasteiger partial charge in [0, 0.05) is 16.1 Å². The van der Waals surface area contributed by atoms with Gasteiger partial charge in [-0.05, 0) is 66.9 Å². The minimum atomic E-state index is -0.526. The molecule has 3 rings (SSSR count). The Labute approximate surface area is 201 Å². The van der Waals surface area contributed by atoms with Gasteiger partial charge in [0.1, 0.15) is 11.5 Å². The number of aryl methyl sites for hydroxylation is 2. The maximum absolute atomic E-state index is 12.2. The average molecular weight is 507 g/mol. The molecule has 0 saturated heterocycles. The number of nitrogens with one attached hydrogen (secondary N) is 1. The standard InChI is InChI=1S/C26H23BrN2O4/c1-18-8-11-23(14-19(18)2)32-17-25(30)29-28-16-21-15-22(27)10-12-24(21)33-26(31)13-9-20-6-4-3-5-7-20/h3-16H,17H2,1-2H3,(H,29,30). The third-order valence-electron chi connectivity index (χ3n) is 4.64. The highest BCUT2D eigenvalue weighted by molar-refractivity contribution is 9.10. The first-order valence-corrected chi connectivity index (χ1v) is 11.0. The van der Waals surface area contributed by atoms with Crippen LogP contribution in [0.1, 0.15) is 22.3 Å². The summed E-state index contributed by atoms with van der Waals surface area (Å²) in [6.45, 7) is 3.81. The van der Waals surface area contributed by atoms with Crippen LogP contribution in [0.15, 0.2) is 82.4 Å². The molecule has 0 aromatic heterocycles. The van der Waals surface area contributed by atoms with Crippen LogP contribution in [0.25, 0.3) is 6.08 Å². The molecule has 0 bridgehead atoms. The molecule has 1 N–H and O–H groups in total. The molecule has 0 aliphatic heterocycles. The molecular formula is C26H23BrN2O4. The van der Waals surface area contributed by atoms with Crippen molar-refractivity contribution in [2.24, 2.45) is 5.10 Å². The SMILES string of the molecule is Cc1ccc(OCC(=O)NN=Cc2cc(Br)ccc2OC(=O)C=Cc2ccccc2)cc1C. The summed E-state index contributed by atoms with van der Waals surface area (Å²) in [6, 6.07) is 20.2. The zero-order valence-electron chi connectivity index (χ0n) is 18.2. The van der Waals surface area contributed by atoms with Gasteiger partial charge in [0.15, 0.2) is 6.61 Å². The molecule has 3 aromatic rings. The zero-order chi connectivity index (χ0) is 23.6. The predicted molar refractivity (Wildman–Crippen MR) is 132 cm³/mol. The summed E-state index contributed by atoms with van der Waals surface area (Å²) in [5.41, 5.74) is 6.05. The monoisotopic (exact) mass is 506 g/mol. The fraction of sp³-hybridized carbons (Fsp3) is 0.115. The Hall–Kier alpha value is -3.71. The van der Waals surface area contributed by atoms with Crippen molar-refractivity contribution in [3.05, 3.63) is 99.5 Å². The lowest BCUT2D eigenvalue weighted by molar-refractivity contribution is -0.129. The van der Waals surface area contributed by atoms with E-state index in [9.17, 15) is 9.59 Å². The van der Waals surface area contributed by atoms with Crippen molar-refractivity contribution in [3.8, 4) is 11.5 Å². The summed E-state index contributed by atoms with van der Waals surface area (Å²) in [6.07, 6.45) is 4.43. The van der Waals surface area contributed by atoms with Crippen molar-refractivity contribution >= 4 is 40.1 Å². The molecule has 0 aliphatic carbocycles. The summed E-state index contributed by atoms with van der Waals surface area (Å²) in [5.74, 6) is -0.0160. The van der Waals surface area contributed by atoms with Crippen molar-refractivity contribution in [2.75, 3.05) is 6.61 Å². The molecule has 0 heterocycles. The number of hydrazone groups is 1. The van der Waals surface area contributed by atoms with Crippen molar-refractivity contribution in [3.63, 3.8) is 0 Å². The van der Waals surface area contributed by atoms with Gasteiger partial charge in [0.25, 0.3) is 5.91 Å². The zero-order valence-corrected chi connectivity index (χ0v) is 19.8. The summed E-state index contributed by atoms with van der Waals surface area (Å²) >= 11 is 3.38. The molecule has 7 heteroatoms. The van der Waals surface area contributed by atoms with E-state index in [0.717, 1.165) is 21.2 Å². The van der Waals surface area contributed by atoms with E-state index in [1.807, 2.05) is 62.4 Å². The first-order valence-electron chi connectivity index (χ1n) is 10.2. The summed E-state index contributed by atoms with van der Waals surface area (Å²) in [7, 11) is 0. The first-order chi connectivity index (χ1) is 15.9. The quantitative estimate of drug-likeness (QED) is 0.149. The number of nitrogens with zero attached hydrogens (tertiary/aromatic N) is 1. The average Bonchev–Trinajstić information content (AvgIpc) is 2.81. The van der Waals surface area contributed by atoms with Gasteiger partial charge in [-0.1, -0.05) is 52.3 Å². The van der Waals surface area contributed by atoms with Crippen LogP contribution in [-0.4, -0.2) is 24.7 Å². The van der Waals surface area contributed by atoms with Gasteiger partial charge in [-0.25, -0.2) is 10.2 Å². The fourth-order valence-electron chi connectivity index (χ4n) is 2.74. The fourth-order valence-corrected chi connectivity index (χ4v) is 3.12. The number of rotatable bonds is 8. The third kappa shape index (κ3) is 7.73. The van der Waals surface area contributed by atoms with Crippen LogP contribution in [0.4, 0.5) is 0 Å². The van der Waals surface area contributed by atoms with Crippen molar-refractivity contribution in [1.29, 1.82) is 0 Å². The lowest BCUT2D eigenvalue weighted by atomic mass is 10.1. The van der Waals surface area contributed by atoms with Crippen LogP contribution >= 0.6 is 15.9 Å². The predicted octanol–water partition coefficient (Wildman–Crippen LogP) is 5.21. The largest absolute Gasteiger partial charge is 0.484 e. The van der Waals surface area contributed by atoms with Gasteiger partial charge in [-0.3, -0.25) is 4.79 Å². The molecule has 0 atom stereocenters. The van der Waals surface area contributed by atoms with Crippen LogP contribution in [0, 0.1) is 13.8 Å². The van der Waals surface area contributed by atoms with Crippen LogP contribution in [-0.2, 0) is 9.59 Å². The smallest absolute Gasteiger partial charge is 0.336 e. The lowest BCUT2D eigenvalue weighted by Gasteiger charge is -2.08. The highest BCUT2D eigenvalue weighted by Gasteiger charge is 2.08. The molecular weight excluding hydrogens is 484 g/mol. The molecule has 33 heavy (non-hydrogen) atoms. The molecule has 3 aromatic carbocycles. The Kier molecular flexibility index (Phi) is 8.55. The van der Waals surface area contributed by atoms with E-state index in [4.69, 9.17) is 9.47 Å². The number of benzene rings is 3. The van der Waals surface area contributed by atoms with E-state index in [1.165, 1.54) is 12.3 Å². The van der Waals surface area contributed by atoms with Crippen LogP contribution in [0.5, 0.6) is 11.5 Å². The number of carbonyl (C=O) groups excluding carboxylic acids is 2. The number of esters is 1. The number of carbonyl (C=O) groups is 2. The molecule has 0 unspecified atom stereocenters. The minimum absolute atomic E-state index is 0.176. The molecule has 0 fully saturated rings. The Bertz CT molecular complexity index is 1190. The second-order valence-electron chi connectivity index (χ2n) is 7.18. The first kappa shape index (κ1) is 23.9. The van der Waals surface area contributed by atoms with Crippen LogP contribution in [0.3, 0.4) is 0 Å². The number of ether oxygens (including phenoxy) is 2. The molecule has 1 amide bonds. The van der Waals surface area contributed by atoms with Gasteiger partial charge in [0.2, 0.25) is 0 Å². The van der Waals surface area contributed by atoms with Gasteiger partial charge in [0.05, 0.1) is 6.21 Å². The Morgan fingerprint density at radius 2 is 1.79 bits per heavy atom. The van der Waals surface area contributed by atoms with Gasteiger partial charge in [-0.2, -0.15) is 5.10 Å². The Morgan fingerprint density at radius 1 is 1.00 bits per heavy atom. The summed E-state index contributed by atoms with van der Waals surface area (Å²) in [5, 5.41) is 3.95. The van der Waals surface area contributed by atoms with Crippen molar-refractivity contribution in [2.45, 2.75) is 13.8 Å². The lowest BCUT2D eigenvalue weighted by Crippen LogP contribution is -2.24. The van der Waals surface area contributed by atoms with Crippen LogP contribution < -0.4 is 14.9 Å².